The van der Waals surface area contributed by atoms with Crippen molar-refractivity contribution in [3.05, 3.63) is 49.3 Å². The van der Waals surface area contributed by atoms with E-state index >= 15 is 0 Å². The van der Waals surface area contributed by atoms with Crippen molar-refractivity contribution in [1.82, 2.24) is 4.98 Å². The second kappa shape index (κ2) is 5.70. The van der Waals surface area contributed by atoms with Crippen LogP contribution in [0.3, 0.4) is 0 Å². The van der Waals surface area contributed by atoms with Crippen molar-refractivity contribution in [2.24, 2.45) is 0 Å². The summed E-state index contributed by atoms with van der Waals surface area (Å²) < 4.78 is 1.14. The molecule has 0 aliphatic carbocycles. The Bertz CT molecular complexity index is 507. The minimum absolute atomic E-state index is 0.0510. The number of aromatic nitrogens is 1. The Morgan fingerprint density at radius 1 is 1.53 bits per heavy atom. The molecule has 1 atom stereocenters. The molecule has 1 nitrogen and oxygen atoms in total. The van der Waals surface area contributed by atoms with Gasteiger partial charge in [0.25, 0.3) is 0 Å². The molecule has 0 spiro atoms. The van der Waals surface area contributed by atoms with Gasteiger partial charge in [0, 0.05) is 17.3 Å². The predicted molar refractivity (Wildman–Crippen MR) is 78.3 cm³/mol. The van der Waals surface area contributed by atoms with Crippen LogP contribution in [0.15, 0.2) is 28.3 Å². The molecule has 2 aromatic rings. The van der Waals surface area contributed by atoms with E-state index in [-0.39, 0.29) is 5.38 Å². The second-order valence-electron chi connectivity index (χ2n) is 3.74. The lowest BCUT2D eigenvalue weighted by Gasteiger charge is -2.08. The van der Waals surface area contributed by atoms with Crippen LogP contribution >= 0.6 is 50.5 Å². The van der Waals surface area contributed by atoms with Gasteiger partial charge in [0.15, 0.2) is 0 Å². The Labute approximate surface area is 123 Å². The van der Waals surface area contributed by atoms with Crippen LogP contribution < -0.4 is 0 Å². The van der Waals surface area contributed by atoms with E-state index in [2.05, 4.69) is 33.9 Å². The zero-order chi connectivity index (χ0) is 12.4. The van der Waals surface area contributed by atoms with Crippen LogP contribution in [0.5, 0.6) is 0 Å². The third-order valence-corrected chi connectivity index (χ3v) is 5.55. The maximum atomic E-state index is 6.41. The fourth-order valence-electron chi connectivity index (χ4n) is 1.50. The first-order valence-electron chi connectivity index (χ1n) is 5.06. The monoisotopic (exact) mass is 349 g/mol. The van der Waals surface area contributed by atoms with Gasteiger partial charge >= 0.3 is 0 Å². The maximum absolute atomic E-state index is 6.41. The van der Waals surface area contributed by atoms with E-state index in [9.17, 15) is 0 Å². The number of pyridine rings is 1. The van der Waals surface area contributed by atoms with Gasteiger partial charge in [0.2, 0.25) is 0 Å². The number of halogens is 3. The minimum atomic E-state index is -0.0510. The number of hydrogen-bond donors (Lipinski definition) is 0. The SMILES string of the molecule is Cc1cc(C(Cl)Cc2ccncc2Cl)sc1Br. The molecule has 0 aliphatic heterocycles. The summed E-state index contributed by atoms with van der Waals surface area (Å²) in [6, 6.07) is 4.02. The molecule has 17 heavy (non-hydrogen) atoms. The summed E-state index contributed by atoms with van der Waals surface area (Å²) in [5.41, 5.74) is 2.25. The summed E-state index contributed by atoms with van der Waals surface area (Å²) >= 11 is 17.7. The lowest BCUT2D eigenvalue weighted by molar-refractivity contribution is 0.935. The molecular formula is C12H10BrCl2NS. The molecule has 0 fully saturated rings. The van der Waals surface area contributed by atoms with Crippen LogP contribution in [0.2, 0.25) is 5.02 Å². The molecule has 0 radical (unpaired) electrons. The molecule has 0 bridgehead atoms. The van der Waals surface area contributed by atoms with Gasteiger partial charge < -0.3 is 0 Å². The minimum Gasteiger partial charge on any atom is -0.263 e. The van der Waals surface area contributed by atoms with Crippen LogP contribution in [0.4, 0.5) is 0 Å². The maximum Gasteiger partial charge on any atom is 0.0731 e. The highest BCUT2D eigenvalue weighted by molar-refractivity contribution is 9.11. The molecule has 0 amide bonds. The van der Waals surface area contributed by atoms with Gasteiger partial charge in [-0.25, -0.2) is 0 Å². The Hall–Kier alpha value is -0.0900. The normalized spacial score (nSPS) is 12.7. The molecule has 5 heteroatoms. The Morgan fingerprint density at radius 3 is 2.88 bits per heavy atom. The second-order valence-corrected chi connectivity index (χ2v) is 7.08. The Kier molecular flexibility index (Phi) is 4.47. The van der Waals surface area contributed by atoms with Crippen molar-refractivity contribution in [1.29, 1.82) is 0 Å². The molecule has 0 saturated heterocycles. The fraction of sp³-hybridized carbons (Fsp3) is 0.250. The predicted octanol–water partition coefficient (Wildman–Crippen LogP) is 5.39. The smallest absolute Gasteiger partial charge is 0.0731 e. The van der Waals surface area contributed by atoms with Crippen LogP contribution in [-0.4, -0.2) is 4.98 Å². The average Bonchev–Trinajstić information content (AvgIpc) is 2.63. The van der Waals surface area contributed by atoms with Crippen molar-refractivity contribution in [2.75, 3.05) is 0 Å². The summed E-state index contributed by atoms with van der Waals surface area (Å²) in [6.45, 7) is 2.06. The summed E-state index contributed by atoms with van der Waals surface area (Å²) in [5, 5.41) is 0.621. The lowest BCUT2D eigenvalue weighted by Crippen LogP contribution is -1.94. The number of thiophene rings is 1. The Balaban J connectivity index is 2.17. The zero-order valence-electron chi connectivity index (χ0n) is 9.08. The van der Waals surface area contributed by atoms with Crippen molar-refractivity contribution in [3.8, 4) is 0 Å². The summed E-state index contributed by atoms with van der Waals surface area (Å²) in [4.78, 5) is 5.12. The molecule has 0 saturated carbocycles. The van der Waals surface area contributed by atoms with E-state index in [0.29, 0.717) is 5.02 Å². The van der Waals surface area contributed by atoms with Crippen molar-refractivity contribution < 1.29 is 0 Å². The number of hydrogen-bond acceptors (Lipinski definition) is 2. The quantitative estimate of drug-likeness (QED) is 0.676. The zero-order valence-corrected chi connectivity index (χ0v) is 13.0. The number of alkyl halides is 1. The first-order chi connectivity index (χ1) is 8.08. The summed E-state index contributed by atoms with van der Waals surface area (Å²) in [5.74, 6) is 0. The summed E-state index contributed by atoms with van der Waals surface area (Å²) in [7, 11) is 0. The van der Waals surface area contributed by atoms with E-state index in [0.717, 1.165) is 20.6 Å². The average molecular weight is 351 g/mol. The molecule has 2 rings (SSSR count). The largest absolute Gasteiger partial charge is 0.263 e. The summed E-state index contributed by atoms with van der Waals surface area (Å²) in [6.07, 6.45) is 4.10. The molecule has 0 aromatic carbocycles. The molecule has 1 unspecified atom stereocenters. The van der Waals surface area contributed by atoms with E-state index < -0.39 is 0 Å². The van der Waals surface area contributed by atoms with Gasteiger partial charge in [0.05, 0.1) is 14.2 Å². The van der Waals surface area contributed by atoms with Crippen molar-refractivity contribution >= 4 is 50.5 Å². The topological polar surface area (TPSA) is 12.9 Å². The third-order valence-electron chi connectivity index (χ3n) is 2.44. The van der Waals surface area contributed by atoms with Gasteiger partial charge in [0.1, 0.15) is 0 Å². The number of aryl methyl sites for hydroxylation is 1. The van der Waals surface area contributed by atoms with Crippen LogP contribution in [0.1, 0.15) is 21.4 Å². The standard InChI is InChI=1S/C12H10BrCl2NS/c1-7-4-11(17-12(7)13)9(14)5-8-2-3-16-6-10(8)15/h2-4,6,9H,5H2,1H3. The van der Waals surface area contributed by atoms with E-state index in [1.165, 1.54) is 5.56 Å². The van der Waals surface area contributed by atoms with E-state index in [1.54, 1.807) is 23.7 Å². The van der Waals surface area contributed by atoms with E-state index in [4.69, 9.17) is 23.2 Å². The fourth-order valence-corrected chi connectivity index (χ4v) is 3.61. The van der Waals surface area contributed by atoms with Gasteiger partial charge in [-0.3, -0.25) is 4.98 Å². The van der Waals surface area contributed by atoms with Gasteiger partial charge in [-0.1, -0.05) is 11.6 Å². The highest BCUT2D eigenvalue weighted by atomic mass is 79.9. The first-order valence-corrected chi connectivity index (χ1v) is 7.48. The number of nitrogens with zero attached hydrogens (tertiary/aromatic N) is 1. The van der Waals surface area contributed by atoms with Crippen LogP contribution in [0, 0.1) is 6.92 Å². The van der Waals surface area contributed by atoms with Crippen molar-refractivity contribution in [2.45, 2.75) is 18.7 Å². The third kappa shape index (κ3) is 3.22. The highest BCUT2D eigenvalue weighted by Crippen LogP contribution is 2.36. The molecule has 0 N–H and O–H groups in total. The highest BCUT2D eigenvalue weighted by Gasteiger charge is 2.14. The van der Waals surface area contributed by atoms with Crippen LogP contribution in [-0.2, 0) is 6.42 Å². The van der Waals surface area contributed by atoms with Crippen LogP contribution in [0.25, 0.3) is 0 Å². The van der Waals surface area contributed by atoms with E-state index in [1.807, 2.05) is 6.07 Å². The lowest BCUT2D eigenvalue weighted by atomic mass is 10.1. The molecule has 0 aliphatic rings. The van der Waals surface area contributed by atoms with Gasteiger partial charge in [-0.05, 0) is 52.5 Å². The first kappa shape index (κ1) is 13.3. The number of rotatable bonds is 3. The van der Waals surface area contributed by atoms with Gasteiger partial charge in [-0.2, -0.15) is 0 Å². The molecule has 2 heterocycles. The molecule has 2 aromatic heterocycles. The van der Waals surface area contributed by atoms with Gasteiger partial charge in [-0.15, -0.1) is 22.9 Å². The molecule has 90 valence electrons. The van der Waals surface area contributed by atoms with Crippen molar-refractivity contribution in [3.63, 3.8) is 0 Å². The molecular weight excluding hydrogens is 341 g/mol. The Morgan fingerprint density at radius 2 is 2.29 bits per heavy atom.